The summed E-state index contributed by atoms with van der Waals surface area (Å²) in [5.41, 5.74) is 3.48. The van der Waals surface area contributed by atoms with E-state index in [-0.39, 0.29) is 11.3 Å². The third-order valence-electron chi connectivity index (χ3n) is 5.79. The Labute approximate surface area is 192 Å². The van der Waals surface area contributed by atoms with Gasteiger partial charge in [0.25, 0.3) is 5.91 Å². The Morgan fingerprint density at radius 1 is 0.848 bits per heavy atom. The van der Waals surface area contributed by atoms with Crippen LogP contribution in [-0.2, 0) is 13.1 Å². The number of halogens is 2. The van der Waals surface area contributed by atoms with Crippen molar-refractivity contribution < 1.29 is 18.3 Å². The predicted molar refractivity (Wildman–Crippen MR) is 125 cm³/mol. The molecule has 1 saturated heterocycles. The van der Waals surface area contributed by atoms with Crippen molar-refractivity contribution in [2.45, 2.75) is 19.7 Å². The van der Waals surface area contributed by atoms with Crippen LogP contribution in [0.1, 0.15) is 21.5 Å². The number of benzene rings is 3. The molecule has 0 aliphatic carbocycles. The van der Waals surface area contributed by atoms with E-state index < -0.39 is 12.5 Å². The van der Waals surface area contributed by atoms with Crippen molar-refractivity contribution in [1.29, 1.82) is 0 Å². The zero-order valence-corrected chi connectivity index (χ0v) is 18.3. The average molecular weight is 452 g/mol. The van der Waals surface area contributed by atoms with Gasteiger partial charge in [-0.15, -0.1) is 0 Å². The van der Waals surface area contributed by atoms with E-state index in [1.165, 1.54) is 17.8 Å². The maximum absolute atomic E-state index is 12.6. The van der Waals surface area contributed by atoms with Gasteiger partial charge >= 0.3 is 6.61 Å². The average Bonchev–Trinajstić information content (AvgIpc) is 2.84. The van der Waals surface area contributed by atoms with E-state index in [9.17, 15) is 13.6 Å². The zero-order valence-electron chi connectivity index (χ0n) is 18.3. The van der Waals surface area contributed by atoms with E-state index in [1.807, 2.05) is 24.3 Å². The Hall–Kier alpha value is -3.45. The van der Waals surface area contributed by atoms with E-state index in [2.05, 4.69) is 50.2 Å². The quantitative estimate of drug-likeness (QED) is 0.546. The number of carbonyl (C=O) groups excluding carboxylic acids is 1. The van der Waals surface area contributed by atoms with Crippen LogP contribution in [0.2, 0.25) is 0 Å². The first-order valence-electron chi connectivity index (χ1n) is 11.0. The molecule has 0 radical (unpaired) electrons. The number of alkyl halides is 2. The lowest BCUT2D eigenvalue weighted by molar-refractivity contribution is -0.0501. The number of amides is 1. The molecular weight excluding hydrogens is 424 g/mol. The van der Waals surface area contributed by atoms with Crippen molar-refractivity contribution in [2.75, 3.05) is 31.1 Å². The fourth-order valence-electron chi connectivity index (χ4n) is 4.05. The van der Waals surface area contributed by atoms with Gasteiger partial charge in [-0.05, 0) is 35.4 Å². The Morgan fingerprint density at radius 3 is 2.21 bits per heavy atom. The number of para-hydroxylation sites is 2. The smallest absolute Gasteiger partial charge is 0.387 e. The number of nitrogens with one attached hydrogen (secondary N) is 1. The monoisotopic (exact) mass is 451 g/mol. The summed E-state index contributed by atoms with van der Waals surface area (Å²) in [5, 5.41) is 2.84. The number of piperazine rings is 1. The van der Waals surface area contributed by atoms with Crippen molar-refractivity contribution in [1.82, 2.24) is 10.2 Å². The second-order valence-corrected chi connectivity index (χ2v) is 7.92. The maximum atomic E-state index is 12.6. The first-order chi connectivity index (χ1) is 16.1. The van der Waals surface area contributed by atoms with E-state index >= 15 is 0 Å². The van der Waals surface area contributed by atoms with Crippen LogP contribution >= 0.6 is 0 Å². The second-order valence-electron chi connectivity index (χ2n) is 7.92. The molecule has 1 fully saturated rings. The van der Waals surface area contributed by atoms with E-state index in [0.29, 0.717) is 6.54 Å². The zero-order chi connectivity index (χ0) is 23.0. The summed E-state index contributed by atoms with van der Waals surface area (Å²) in [7, 11) is 0. The lowest BCUT2D eigenvalue weighted by atomic mass is 10.1. The molecule has 1 N–H and O–H groups in total. The van der Waals surface area contributed by atoms with Crippen molar-refractivity contribution in [3.05, 3.63) is 95.6 Å². The van der Waals surface area contributed by atoms with Crippen molar-refractivity contribution in [3.63, 3.8) is 0 Å². The van der Waals surface area contributed by atoms with E-state index in [0.717, 1.165) is 43.9 Å². The number of anilines is 1. The summed E-state index contributed by atoms with van der Waals surface area (Å²) < 4.78 is 29.8. The minimum Gasteiger partial charge on any atom is -0.434 e. The Bertz CT molecular complexity index is 1050. The molecule has 0 bridgehead atoms. The molecule has 3 aromatic carbocycles. The molecule has 0 spiro atoms. The number of carbonyl (C=O) groups is 1. The molecule has 3 aromatic rings. The van der Waals surface area contributed by atoms with Crippen molar-refractivity contribution in [2.24, 2.45) is 0 Å². The minimum absolute atomic E-state index is 0.0901. The van der Waals surface area contributed by atoms with Gasteiger partial charge in [-0.1, -0.05) is 54.6 Å². The highest BCUT2D eigenvalue weighted by Crippen LogP contribution is 2.21. The second kappa shape index (κ2) is 10.9. The molecule has 1 amide bonds. The van der Waals surface area contributed by atoms with Crippen LogP contribution < -0.4 is 15.0 Å². The molecular formula is C26H27F2N3O2. The molecule has 0 atom stereocenters. The summed E-state index contributed by atoms with van der Waals surface area (Å²) in [4.78, 5) is 17.4. The fraction of sp³-hybridized carbons (Fsp3) is 0.269. The topological polar surface area (TPSA) is 44.8 Å². The summed E-state index contributed by atoms with van der Waals surface area (Å²) >= 11 is 0. The first kappa shape index (κ1) is 22.7. The van der Waals surface area contributed by atoms with Crippen LogP contribution in [-0.4, -0.2) is 43.6 Å². The first-order valence-corrected chi connectivity index (χ1v) is 11.0. The molecule has 1 aliphatic rings. The van der Waals surface area contributed by atoms with Crippen molar-refractivity contribution in [3.8, 4) is 5.75 Å². The highest BCUT2D eigenvalue weighted by atomic mass is 19.3. The molecule has 0 saturated carbocycles. The van der Waals surface area contributed by atoms with E-state index in [1.54, 1.807) is 12.1 Å². The Kier molecular flexibility index (Phi) is 7.52. The molecule has 1 heterocycles. The normalized spacial score (nSPS) is 14.3. The number of nitrogens with zero attached hydrogens (tertiary/aromatic N) is 2. The molecule has 0 aromatic heterocycles. The van der Waals surface area contributed by atoms with Gasteiger partial charge in [-0.25, -0.2) is 0 Å². The highest BCUT2D eigenvalue weighted by Gasteiger charge is 2.19. The number of hydrogen-bond acceptors (Lipinski definition) is 4. The third kappa shape index (κ3) is 6.08. The minimum atomic E-state index is -2.98. The van der Waals surface area contributed by atoms with Crippen LogP contribution in [0.15, 0.2) is 78.9 Å². The largest absolute Gasteiger partial charge is 0.434 e. The van der Waals surface area contributed by atoms with Crippen LogP contribution in [0.4, 0.5) is 14.5 Å². The molecule has 7 heteroatoms. The van der Waals surface area contributed by atoms with Gasteiger partial charge in [0, 0.05) is 45.0 Å². The summed E-state index contributed by atoms with van der Waals surface area (Å²) in [5.74, 6) is -0.577. The molecule has 0 unspecified atom stereocenters. The van der Waals surface area contributed by atoms with E-state index in [4.69, 9.17) is 0 Å². The van der Waals surface area contributed by atoms with Crippen LogP contribution in [0.5, 0.6) is 5.75 Å². The third-order valence-corrected chi connectivity index (χ3v) is 5.79. The Morgan fingerprint density at radius 2 is 1.48 bits per heavy atom. The summed E-state index contributed by atoms with van der Waals surface area (Å²) in [6.45, 7) is 1.94. The molecule has 172 valence electrons. The SMILES string of the molecule is O=C(NCc1ccccc1CN1CCN(c2ccccc2)CC1)c1ccccc1OC(F)F. The van der Waals surface area contributed by atoms with Crippen LogP contribution in [0.25, 0.3) is 0 Å². The summed E-state index contributed by atoms with van der Waals surface area (Å²) in [6.07, 6.45) is 0. The molecule has 33 heavy (non-hydrogen) atoms. The predicted octanol–water partition coefficient (Wildman–Crippen LogP) is 4.54. The number of hydrogen-bond donors (Lipinski definition) is 1. The van der Waals surface area contributed by atoms with Crippen LogP contribution in [0, 0.1) is 0 Å². The van der Waals surface area contributed by atoms with Gasteiger partial charge in [0.15, 0.2) is 0 Å². The lowest BCUT2D eigenvalue weighted by Gasteiger charge is -2.36. The molecule has 1 aliphatic heterocycles. The number of ether oxygens (including phenoxy) is 1. The van der Waals surface area contributed by atoms with Crippen LogP contribution in [0.3, 0.4) is 0 Å². The molecule has 5 nitrogen and oxygen atoms in total. The van der Waals surface area contributed by atoms with Crippen molar-refractivity contribution >= 4 is 11.6 Å². The van der Waals surface area contributed by atoms with Gasteiger partial charge in [0.05, 0.1) is 5.56 Å². The molecule has 4 rings (SSSR count). The highest BCUT2D eigenvalue weighted by molar-refractivity contribution is 5.96. The maximum Gasteiger partial charge on any atom is 0.387 e. The summed E-state index contributed by atoms with van der Waals surface area (Å²) in [6, 6.07) is 24.4. The van der Waals surface area contributed by atoms with Gasteiger partial charge < -0.3 is 15.0 Å². The lowest BCUT2D eigenvalue weighted by Crippen LogP contribution is -2.46. The Balaban J connectivity index is 1.35. The standard InChI is InChI=1S/C26H27F2N3O2/c27-26(28)33-24-13-7-6-12-23(24)25(32)29-18-20-8-4-5-9-21(20)19-30-14-16-31(17-15-30)22-10-2-1-3-11-22/h1-13,26H,14-19H2,(H,29,32). The van der Waals surface area contributed by atoms with Gasteiger partial charge in [0.1, 0.15) is 5.75 Å². The fourth-order valence-corrected chi connectivity index (χ4v) is 4.05. The number of rotatable bonds is 8. The van der Waals surface area contributed by atoms with Gasteiger partial charge in [-0.2, -0.15) is 8.78 Å². The van der Waals surface area contributed by atoms with Gasteiger partial charge in [0.2, 0.25) is 0 Å². The van der Waals surface area contributed by atoms with Gasteiger partial charge in [-0.3, -0.25) is 9.69 Å².